The first kappa shape index (κ1) is 45.5. The van der Waals surface area contributed by atoms with Crippen LogP contribution in [-0.4, -0.2) is 209 Å². The molecule has 3 aliphatic rings. The number of nitrogens with one attached hydrogen (secondary N) is 1. The van der Waals surface area contributed by atoms with Crippen molar-refractivity contribution in [3.8, 4) is 11.8 Å². The van der Waals surface area contributed by atoms with E-state index >= 15 is 0 Å². The number of amides is 3. The molecule has 0 bridgehead atoms. The molecular formula is C39H51F2N9O10. The molecule has 60 heavy (non-hydrogen) atoms. The first-order valence-corrected chi connectivity index (χ1v) is 19.8. The average molecular weight is 844 g/mol. The first-order chi connectivity index (χ1) is 28.6. The van der Waals surface area contributed by atoms with E-state index in [1.165, 1.54) is 12.3 Å². The van der Waals surface area contributed by atoms with Crippen molar-refractivity contribution >= 4 is 46.5 Å². The topological polar surface area (TPSA) is 240 Å². The van der Waals surface area contributed by atoms with E-state index < -0.39 is 61.2 Å². The van der Waals surface area contributed by atoms with Crippen LogP contribution in [0.3, 0.4) is 0 Å². The predicted octanol–water partition coefficient (Wildman–Crippen LogP) is -0.183. The number of hydrogen-bond acceptors (Lipinski definition) is 13. The highest BCUT2D eigenvalue weighted by atomic mass is 19.3. The Morgan fingerprint density at radius 1 is 0.783 bits per heavy atom. The fourth-order valence-corrected chi connectivity index (χ4v) is 7.60. The number of nitriles is 1. The van der Waals surface area contributed by atoms with Crippen LogP contribution in [0.15, 0.2) is 30.5 Å². The molecule has 0 radical (unpaired) electrons. The van der Waals surface area contributed by atoms with Gasteiger partial charge in [-0.2, -0.15) is 5.26 Å². The van der Waals surface area contributed by atoms with Gasteiger partial charge in [0.1, 0.15) is 11.8 Å². The van der Waals surface area contributed by atoms with E-state index in [0.717, 1.165) is 4.90 Å². The van der Waals surface area contributed by atoms with Crippen molar-refractivity contribution in [1.29, 1.82) is 5.26 Å². The van der Waals surface area contributed by atoms with Crippen LogP contribution >= 0.6 is 0 Å². The van der Waals surface area contributed by atoms with Crippen molar-refractivity contribution in [3.63, 3.8) is 0 Å². The van der Waals surface area contributed by atoms with E-state index in [2.05, 4.69) is 10.3 Å². The number of aliphatic carboxylic acids is 3. The molecule has 3 saturated heterocycles. The van der Waals surface area contributed by atoms with Crippen LogP contribution in [0.25, 0.3) is 10.9 Å². The molecule has 2 aromatic rings. The van der Waals surface area contributed by atoms with E-state index in [1.807, 2.05) is 4.90 Å². The lowest BCUT2D eigenvalue weighted by Crippen LogP contribution is -2.50. The highest BCUT2D eigenvalue weighted by Gasteiger charge is 2.47. The normalized spacial score (nSPS) is 20.4. The number of ether oxygens (including phenoxy) is 1. The quantitative estimate of drug-likeness (QED) is 0.193. The number of alkyl halides is 2. The van der Waals surface area contributed by atoms with Crippen LogP contribution in [0.5, 0.6) is 5.75 Å². The van der Waals surface area contributed by atoms with Gasteiger partial charge in [-0.25, -0.2) is 8.78 Å². The molecule has 1 aromatic heterocycles. The highest BCUT2D eigenvalue weighted by molar-refractivity contribution is 6.07. The Balaban J connectivity index is 1.13. The molecule has 0 unspecified atom stereocenters. The van der Waals surface area contributed by atoms with Gasteiger partial charge in [-0.15, -0.1) is 0 Å². The number of carboxylic acids is 3. The maximum absolute atomic E-state index is 13.8. The molecule has 1 atom stereocenters. The Bertz CT molecular complexity index is 1890. The van der Waals surface area contributed by atoms with Crippen molar-refractivity contribution in [3.05, 3.63) is 36.0 Å². The maximum Gasteiger partial charge on any atom is 0.317 e. The van der Waals surface area contributed by atoms with Crippen molar-refractivity contribution in [2.75, 3.05) is 111 Å². The summed E-state index contributed by atoms with van der Waals surface area (Å²) in [6, 6.07) is 6.96. The van der Waals surface area contributed by atoms with Gasteiger partial charge in [-0.3, -0.25) is 53.4 Å². The Hall–Kier alpha value is -5.56. The number of carboxylic acid groups (broad SMARTS) is 3. The molecule has 19 nitrogen and oxygen atoms in total. The van der Waals surface area contributed by atoms with E-state index in [1.54, 1.807) is 43.9 Å². The molecule has 0 aliphatic carbocycles. The molecule has 3 aliphatic heterocycles. The number of hydrogen-bond donors (Lipinski definition) is 4. The van der Waals surface area contributed by atoms with Gasteiger partial charge in [0, 0.05) is 83.5 Å². The molecule has 326 valence electrons. The fourth-order valence-electron chi connectivity index (χ4n) is 7.60. The van der Waals surface area contributed by atoms with Crippen LogP contribution < -0.4 is 10.1 Å². The smallest absolute Gasteiger partial charge is 0.317 e. The maximum atomic E-state index is 13.8. The molecule has 1 aromatic carbocycles. The standard InChI is InChI=1S/C39H51F2N9O10/c40-39(41)18-28(19-42)50(26-39)33(51)20-44-38(59)30-3-6-43-32-2-1-29(17-31(30)32)60-25-27-4-7-49(8-5-27)34(52)21-45-9-11-46(22-35(53)54)13-15-48(24-37(57)58)16-14-47(12-10-45)23-36(55)56/h1-3,6,17,27-28H,4-5,7-16,18,20-26H2,(H,44,59)(H,53,54)(H,55,56)(H,57,58)/t28-/m0/s1. The number of pyridine rings is 1. The monoisotopic (exact) mass is 843 g/mol. The largest absolute Gasteiger partial charge is 0.493 e. The number of carbonyl (C=O) groups excluding carboxylic acids is 3. The summed E-state index contributed by atoms with van der Waals surface area (Å²) in [6.45, 7) is 1.52. The second kappa shape index (κ2) is 21.1. The van der Waals surface area contributed by atoms with Gasteiger partial charge >= 0.3 is 17.9 Å². The van der Waals surface area contributed by atoms with Gasteiger partial charge in [-0.1, -0.05) is 0 Å². The van der Waals surface area contributed by atoms with E-state index in [9.17, 15) is 58.1 Å². The lowest BCUT2D eigenvalue weighted by molar-refractivity contribution is -0.141. The van der Waals surface area contributed by atoms with E-state index in [-0.39, 0.29) is 69.7 Å². The zero-order valence-corrected chi connectivity index (χ0v) is 33.2. The second-order valence-electron chi connectivity index (χ2n) is 15.4. The summed E-state index contributed by atoms with van der Waals surface area (Å²) in [5.74, 6) is -7.23. The second-order valence-corrected chi connectivity index (χ2v) is 15.4. The summed E-state index contributed by atoms with van der Waals surface area (Å²) in [5.41, 5.74) is 0.679. The number of benzene rings is 1. The van der Waals surface area contributed by atoms with Crippen LogP contribution in [0.4, 0.5) is 8.78 Å². The summed E-state index contributed by atoms with van der Waals surface area (Å²) >= 11 is 0. The van der Waals surface area contributed by atoms with Gasteiger partial charge in [0.2, 0.25) is 11.8 Å². The number of aromatic nitrogens is 1. The number of piperidine rings is 1. The van der Waals surface area contributed by atoms with Crippen molar-refractivity contribution in [1.82, 2.24) is 39.7 Å². The third-order valence-corrected chi connectivity index (χ3v) is 10.9. The van der Waals surface area contributed by atoms with Gasteiger partial charge in [-0.05, 0) is 43.0 Å². The van der Waals surface area contributed by atoms with Gasteiger partial charge in [0.25, 0.3) is 11.8 Å². The molecule has 0 spiro atoms. The van der Waals surface area contributed by atoms with Gasteiger partial charge in [0.15, 0.2) is 0 Å². The lowest BCUT2D eigenvalue weighted by atomic mass is 9.97. The molecule has 21 heteroatoms. The molecule has 4 heterocycles. The highest BCUT2D eigenvalue weighted by Crippen LogP contribution is 2.32. The molecule has 3 amide bonds. The van der Waals surface area contributed by atoms with Gasteiger partial charge < -0.3 is 35.2 Å². The summed E-state index contributed by atoms with van der Waals surface area (Å²) in [5, 5.41) is 40.5. The Kier molecular flexibility index (Phi) is 16.0. The number of nitrogens with zero attached hydrogens (tertiary/aromatic N) is 8. The Labute approximate surface area is 345 Å². The van der Waals surface area contributed by atoms with E-state index in [0.29, 0.717) is 75.4 Å². The molecule has 3 fully saturated rings. The first-order valence-electron chi connectivity index (χ1n) is 19.8. The number of fused-ring (bicyclic) bond motifs is 1. The third kappa shape index (κ3) is 13.5. The van der Waals surface area contributed by atoms with E-state index in [4.69, 9.17) is 4.74 Å². The van der Waals surface area contributed by atoms with Crippen LogP contribution in [-0.2, 0) is 24.0 Å². The van der Waals surface area contributed by atoms with Gasteiger partial charge in [0.05, 0.1) is 63.0 Å². The Morgan fingerprint density at radius 3 is 1.83 bits per heavy atom. The summed E-state index contributed by atoms with van der Waals surface area (Å²) in [4.78, 5) is 87.9. The average Bonchev–Trinajstić information content (AvgIpc) is 3.53. The molecule has 0 saturated carbocycles. The minimum Gasteiger partial charge on any atom is -0.493 e. The van der Waals surface area contributed by atoms with Crippen molar-refractivity contribution in [2.45, 2.75) is 31.2 Å². The summed E-state index contributed by atoms with van der Waals surface area (Å²) < 4.78 is 33.8. The van der Waals surface area contributed by atoms with Crippen LogP contribution in [0.2, 0.25) is 0 Å². The van der Waals surface area contributed by atoms with Crippen LogP contribution in [0.1, 0.15) is 29.6 Å². The zero-order chi connectivity index (χ0) is 43.4. The summed E-state index contributed by atoms with van der Waals surface area (Å²) in [6.07, 6.45) is 1.99. The summed E-state index contributed by atoms with van der Waals surface area (Å²) in [7, 11) is 0. The predicted molar refractivity (Wildman–Crippen MR) is 208 cm³/mol. The SMILES string of the molecule is N#C[C@@H]1CC(F)(F)CN1C(=O)CNC(=O)c1ccnc2ccc(OCC3CCN(C(=O)CN4CCN(CC(=O)O)CCN(CC(=O)O)CCN(CC(=O)O)CC4)CC3)cc12. The van der Waals surface area contributed by atoms with Crippen molar-refractivity contribution < 1.29 is 57.6 Å². The number of carbonyl (C=O) groups is 6. The van der Waals surface area contributed by atoms with Crippen LogP contribution in [0, 0.1) is 17.2 Å². The molecule has 4 N–H and O–H groups in total. The Morgan fingerprint density at radius 2 is 1.32 bits per heavy atom. The third-order valence-electron chi connectivity index (χ3n) is 10.9. The van der Waals surface area contributed by atoms with Crippen molar-refractivity contribution in [2.24, 2.45) is 5.92 Å². The molecular weight excluding hydrogens is 792 g/mol. The number of likely N-dealkylation sites (tertiary alicyclic amines) is 2. The molecule has 5 rings (SSSR count). The fraction of sp³-hybridized carbons (Fsp3) is 0.590. The zero-order valence-electron chi connectivity index (χ0n) is 33.2. The number of rotatable bonds is 14. The minimum atomic E-state index is -3.18. The lowest BCUT2D eigenvalue weighted by Gasteiger charge is -2.35. The number of halogens is 2. The minimum absolute atomic E-state index is 0.0535.